The molecule has 0 aliphatic carbocycles. The standard InChI is InChI=1S/C27H42N6O6/c1-4-15(2)23(33-24(35)20(11-7-8-12-28)31-25(36)22(29)16(3)34)26(37)32-21(27(38)39)13-17-14-30-19-10-6-5-9-18(17)19/h5-6,9-10,14-16,20-23,30,34H,4,7-8,11-13,28-29H2,1-3H3,(H,31,36)(H,32,37)(H,33,35)(H,38,39). The molecule has 12 nitrogen and oxygen atoms in total. The van der Waals surface area contributed by atoms with Gasteiger partial charge in [-0.05, 0) is 50.3 Å². The third kappa shape index (κ3) is 9.05. The first kappa shape index (κ1) is 31.7. The van der Waals surface area contributed by atoms with E-state index in [2.05, 4.69) is 20.9 Å². The van der Waals surface area contributed by atoms with Gasteiger partial charge in [-0.15, -0.1) is 0 Å². The van der Waals surface area contributed by atoms with Crippen LogP contribution in [0, 0.1) is 5.92 Å². The van der Waals surface area contributed by atoms with E-state index in [4.69, 9.17) is 11.5 Å². The van der Waals surface area contributed by atoms with Crippen molar-refractivity contribution in [1.29, 1.82) is 0 Å². The molecule has 1 heterocycles. The summed E-state index contributed by atoms with van der Waals surface area (Å²) in [5.74, 6) is -3.50. The van der Waals surface area contributed by atoms with Crippen molar-refractivity contribution in [2.45, 2.75) is 83.1 Å². The summed E-state index contributed by atoms with van der Waals surface area (Å²) in [6, 6.07) is 2.92. The summed E-state index contributed by atoms with van der Waals surface area (Å²) in [6.07, 6.45) is 2.55. The molecule has 1 aromatic carbocycles. The molecule has 2 aromatic rings. The lowest BCUT2D eigenvalue weighted by atomic mass is 9.96. The largest absolute Gasteiger partial charge is 0.480 e. The van der Waals surface area contributed by atoms with E-state index >= 15 is 0 Å². The highest BCUT2D eigenvalue weighted by atomic mass is 16.4. The van der Waals surface area contributed by atoms with Crippen LogP contribution < -0.4 is 27.4 Å². The normalized spacial score (nSPS) is 15.9. The highest BCUT2D eigenvalue weighted by Crippen LogP contribution is 2.19. The quantitative estimate of drug-likeness (QED) is 0.135. The van der Waals surface area contributed by atoms with Gasteiger partial charge in [0.1, 0.15) is 24.2 Å². The van der Waals surface area contributed by atoms with Crippen molar-refractivity contribution in [2.75, 3.05) is 6.54 Å². The Bertz CT molecular complexity index is 1120. The lowest BCUT2D eigenvalue weighted by Gasteiger charge is -2.28. The van der Waals surface area contributed by atoms with Crippen LogP contribution in [0.25, 0.3) is 10.9 Å². The van der Waals surface area contributed by atoms with Crippen LogP contribution in [-0.2, 0) is 25.6 Å². The average molecular weight is 547 g/mol. The number of para-hydroxylation sites is 1. The van der Waals surface area contributed by atoms with Gasteiger partial charge in [0.05, 0.1) is 6.10 Å². The molecule has 2 rings (SSSR count). The molecule has 216 valence electrons. The molecule has 0 radical (unpaired) electrons. The number of aliphatic hydroxyl groups is 1. The van der Waals surface area contributed by atoms with E-state index < -0.39 is 54.0 Å². The van der Waals surface area contributed by atoms with Crippen molar-refractivity contribution >= 4 is 34.6 Å². The van der Waals surface area contributed by atoms with Crippen LogP contribution in [0.1, 0.15) is 52.0 Å². The molecular formula is C27H42N6O6. The number of aliphatic hydroxyl groups excluding tert-OH is 1. The number of hydrogen-bond donors (Lipinski definition) is 8. The van der Waals surface area contributed by atoms with Crippen molar-refractivity contribution in [2.24, 2.45) is 17.4 Å². The summed E-state index contributed by atoms with van der Waals surface area (Å²) in [6.45, 7) is 5.39. The van der Waals surface area contributed by atoms with Crippen LogP contribution in [-0.4, -0.2) is 75.7 Å². The molecule has 0 aliphatic heterocycles. The highest BCUT2D eigenvalue weighted by Gasteiger charge is 2.33. The molecule has 39 heavy (non-hydrogen) atoms. The number of benzene rings is 1. The molecule has 12 heteroatoms. The van der Waals surface area contributed by atoms with Gasteiger partial charge in [0.2, 0.25) is 17.7 Å². The molecule has 0 saturated heterocycles. The number of carbonyl (C=O) groups excluding carboxylic acids is 3. The lowest BCUT2D eigenvalue weighted by molar-refractivity contribution is -0.142. The predicted molar refractivity (Wildman–Crippen MR) is 147 cm³/mol. The number of H-pyrrole nitrogens is 1. The molecule has 0 fully saturated rings. The lowest BCUT2D eigenvalue weighted by Crippen LogP contribution is -2.59. The Balaban J connectivity index is 2.19. The smallest absolute Gasteiger partial charge is 0.326 e. The zero-order valence-electron chi connectivity index (χ0n) is 22.8. The maximum atomic E-state index is 13.3. The Labute approximate surface area is 228 Å². The number of amides is 3. The molecule has 1 aromatic heterocycles. The third-order valence-corrected chi connectivity index (χ3v) is 6.91. The van der Waals surface area contributed by atoms with Gasteiger partial charge in [0.15, 0.2) is 0 Å². The number of hydrogen-bond acceptors (Lipinski definition) is 7. The summed E-state index contributed by atoms with van der Waals surface area (Å²) >= 11 is 0. The van der Waals surface area contributed by atoms with Gasteiger partial charge >= 0.3 is 5.97 Å². The molecule has 0 spiro atoms. The number of unbranched alkanes of at least 4 members (excludes halogenated alkanes) is 1. The van der Waals surface area contributed by atoms with Crippen molar-refractivity contribution in [3.05, 3.63) is 36.0 Å². The second-order valence-corrected chi connectivity index (χ2v) is 9.95. The summed E-state index contributed by atoms with van der Waals surface area (Å²) in [4.78, 5) is 54.2. The SMILES string of the molecule is CCC(C)C(NC(=O)C(CCCCN)NC(=O)C(N)C(C)O)C(=O)NC(Cc1c[nH]c2ccccc12)C(=O)O. The van der Waals surface area contributed by atoms with Crippen LogP contribution in [0.2, 0.25) is 0 Å². The number of carboxylic acid groups (broad SMARTS) is 1. The van der Waals surface area contributed by atoms with Gasteiger partial charge in [-0.2, -0.15) is 0 Å². The van der Waals surface area contributed by atoms with E-state index in [1.165, 1.54) is 6.92 Å². The second-order valence-electron chi connectivity index (χ2n) is 9.95. The first-order valence-electron chi connectivity index (χ1n) is 13.3. The number of aromatic nitrogens is 1. The number of aliphatic carboxylic acids is 1. The topological polar surface area (TPSA) is 213 Å². The van der Waals surface area contributed by atoms with Crippen LogP contribution in [0.5, 0.6) is 0 Å². The number of carbonyl (C=O) groups is 4. The predicted octanol–water partition coefficient (Wildman–Crippen LogP) is 0.133. The summed E-state index contributed by atoms with van der Waals surface area (Å²) < 4.78 is 0. The Morgan fingerprint density at radius 3 is 2.26 bits per heavy atom. The minimum atomic E-state index is -1.23. The second kappa shape index (κ2) is 15.2. The maximum Gasteiger partial charge on any atom is 0.326 e. The van der Waals surface area contributed by atoms with Gasteiger partial charge in [-0.25, -0.2) is 4.79 Å². The van der Waals surface area contributed by atoms with E-state index in [0.29, 0.717) is 25.8 Å². The van der Waals surface area contributed by atoms with E-state index in [0.717, 1.165) is 16.5 Å². The Kier molecular flexibility index (Phi) is 12.4. The molecule has 0 saturated carbocycles. The molecule has 3 amide bonds. The van der Waals surface area contributed by atoms with Crippen LogP contribution >= 0.6 is 0 Å². The van der Waals surface area contributed by atoms with Crippen LogP contribution in [0.4, 0.5) is 0 Å². The van der Waals surface area contributed by atoms with E-state index in [9.17, 15) is 29.4 Å². The van der Waals surface area contributed by atoms with Crippen LogP contribution in [0.15, 0.2) is 30.5 Å². The number of aromatic amines is 1. The average Bonchev–Trinajstić information content (AvgIpc) is 3.32. The molecule has 6 unspecified atom stereocenters. The zero-order valence-corrected chi connectivity index (χ0v) is 22.8. The molecule has 0 aliphatic rings. The minimum absolute atomic E-state index is 0.0429. The Morgan fingerprint density at radius 1 is 0.974 bits per heavy atom. The number of rotatable bonds is 16. The van der Waals surface area contributed by atoms with Gasteiger partial charge in [-0.3, -0.25) is 14.4 Å². The molecule has 0 bridgehead atoms. The maximum absolute atomic E-state index is 13.3. The number of nitrogens with two attached hydrogens (primary N) is 2. The summed E-state index contributed by atoms with van der Waals surface area (Å²) in [7, 11) is 0. The number of nitrogens with one attached hydrogen (secondary N) is 4. The minimum Gasteiger partial charge on any atom is -0.480 e. The van der Waals surface area contributed by atoms with Gasteiger partial charge < -0.3 is 42.6 Å². The molecular weight excluding hydrogens is 504 g/mol. The third-order valence-electron chi connectivity index (χ3n) is 6.91. The number of fused-ring (bicyclic) bond motifs is 1. The number of carboxylic acids is 1. The zero-order chi connectivity index (χ0) is 29.1. The van der Waals surface area contributed by atoms with E-state index in [-0.39, 0.29) is 18.8 Å². The molecule has 10 N–H and O–H groups in total. The Hall–Kier alpha value is -3.48. The fourth-order valence-electron chi connectivity index (χ4n) is 4.19. The van der Waals surface area contributed by atoms with Crippen molar-refractivity contribution in [3.8, 4) is 0 Å². The first-order valence-corrected chi connectivity index (χ1v) is 13.3. The summed E-state index contributed by atoms with van der Waals surface area (Å²) in [5, 5.41) is 28.2. The van der Waals surface area contributed by atoms with Crippen molar-refractivity contribution < 1.29 is 29.4 Å². The van der Waals surface area contributed by atoms with E-state index in [1.807, 2.05) is 31.2 Å². The fourth-order valence-corrected chi connectivity index (χ4v) is 4.19. The van der Waals surface area contributed by atoms with E-state index in [1.54, 1.807) is 13.1 Å². The Morgan fingerprint density at radius 2 is 1.64 bits per heavy atom. The van der Waals surface area contributed by atoms with Gasteiger partial charge in [0, 0.05) is 23.5 Å². The fraction of sp³-hybridized carbons (Fsp3) is 0.556. The van der Waals surface area contributed by atoms with Crippen molar-refractivity contribution in [1.82, 2.24) is 20.9 Å². The first-order chi connectivity index (χ1) is 18.5. The van der Waals surface area contributed by atoms with Gasteiger partial charge in [0.25, 0.3) is 0 Å². The molecule has 6 atom stereocenters. The van der Waals surface area contributed by atoms with Crippen LogP contribution in [0.3, 0.4) is 0 Å². The summed E-state index contributed by atoms with van der Waals surface area (Å²) in [5.41, 5.74) is 12.9. The van der Waals surface area contributed by atoms with Gasteiger partial charge in [-0.1, -0.05) is 38.5 Å². The highest BCUT2D eigenvalue weighted by molar-refractivity contribution is 5.94. The monoisotopic (exact) mass is 546 g/mol. The van der Waals surface area contributed by atoms with Crippen molar-refractivity contribution in [3.63, 3.8) is 0 Å².